The molecule has 0 atom stereocenters. The quantitative estimate of drug-likeness (QED) is 0.147. The predicted octanol–water partition coefficient (Wildman–Crippen LogP) is 2.94. The molecule has 30 heavy (non-hydrogen) atoms. The Kier molecular flexibility index (Phi) is 11.0. The smallest absolute Gasteiger partial charge is 0.410 e. The number of benzene rings is 1. The van der Waals surface area contributed by atoms with Gasteiger partial charge in [-0.2, -0.15) is 0 Å². The molecule has 1 aromatic rings. The fraction of sp³-hybridized carbons (Fsp3) is 0.524. The molecule has 0 spiro atoms. The van der Waals surface area contributed by atoms with Crippen molar-refractivity contribution in [2.45, 2.75) is 45.7 Å². The molecule has 8 nitrogen and oxygen atoms in total. The van der Waals surface area contributed by atoms with Crippen molar-refractivity contribution in [1.29, 1.82) is 0 Å². The second-order valence-corrected chi connectivity index (χ2v) is 7.50. The van der Waals surface area contributed by atoms with E-state index in [-0.39, 0.29) is 12.8 Å². The molecule has 0 aromatic heterocycles. The summed E-state index contributed by atoms with van der Waals surface area (Å²) in [6, 6.07) is 7.27. The summed E-state index contributed by atoms with van der Waals surface area (Å²) < 4.78 is 20.3. The third kappa shape index (κ3) is 9.32. The van der Waals surface area contributed by atoms with Crippen LogP contribution in [0, 0.1) is 0 Å². The molecule has 0 bridgehead atoms. The number of methoxy groups -OCH3 is 2. The number of carbonyl (C=O) groups excluding carboxylic acids is 2. The van der Waals surface area contributed by atoms with Gasteiger partial charge in [0.1, 0.15) is 11.2 Å². The van der Waals surface area contributed by atoms with Gasteiger partial charge in [-0.3, -0.25) is 0 Å². The number of rotatable bonds is 11. The van der Waals surface area contributed by atoms with Crippen molar-refractivity contribution in [1.82, 2.24) is 4.90 Å². The Morgan fingerprint density at radius 1 is 1.17 bits per heavy atom. The lowest BCUT2D eigenvalue weighted by atomic mass is 9.93. The van der Waals surface area contributed by atoms with E-state index in [1.165, 1.54) is 20.5 Å². The lowest BCUT2D eigenvalue weighted by molar-refractivity contribution is -0.133. The number of hydrogen-bond donors (Lipinski definition) is 1. The van der Waals surface area contributed by atoms with E-state index in [2.05, 4.69) is 0 Å². The summed E-state index contributed by atoms with van der Waals surface area (Å²) in [4.78, 5) is 26.2. The van der Waals surface area contributed by atoms with Gasteiger partial charge < -0.3 is 29.5 Å². The first-order valence-corrected chi connectivity index (χ1v) is 9.73. The van der Waals surface area contributed by atoms with Gasteiger partial charge >= 0.3 is 12.1 Å². The molecule has 1 aromatic carbocycles. The molecular formula is C21H32BN2O6. The molecule has 0 fully saturated rings. The normalized spacial score (nSPS) is 11.6. The average Bonchev–Trinajstić information content (AvgIpc) is 2.69. The Balaban J connectivity index is 2.89. The van der Waals surface area contributed by atoms with Gasteiger partial charge in [0.05, 0.1) is 27.2 Å². The van der Waals surface area contributed by atoms with Crippen LogP contribution in [0.15, 0.2) is 30.5 Å². The van der Waals surface area contributed by atoms with Crippen LogP contribution in [-0.4, -0.2) is 57.5 Å². The Morgan fingerprint density at radius 2 is 1.83 bits per heavy atom. The zero-order chi connectivity index (χ0) is 22.6. The third-order valence-corrected chi connectivity index (χ3v) is 3.90. The minimum Gasteiger partial charge on any atom is -0.503 e. The van der Waals surface area contributed by atoms with Crippen LogP contribution in [0.25, 0.3) is 5.57 Å². The van der Waals surface area contributed by atoms with E-state index in [4.69, 9.17) is 24.6 Å². The second kappa shape index (κ2) is 12.9. The Hall–Kier alpha value is -2.52. The van der Waals surface area contributed by atoms with Gasteiger partial charge in [0.2, 0.25) is 0 Å². The minimum atomic E-state index is -0.589. The van der Waals surface area contributed by atoms with Gasteiger partial charge in [0.15, 0.2) is 0 Å². The number of nitrogens with two attached hydrogens (primary N) is 1. The lowest BCUT2D eigenvalue weighted by Gasteiger charge is -2.27. The van der Waals surface area contributed by atoms with Crippen LogP contribution in [0.4, 0.5) is 4.79 Å². The standard InChI is InChI=1S/C21H32BN2O6/c1-21(2,3)30-20(26)24(12-6-11-22-29-15-23)13-16-7-9-17(10-8-16)18(14-27-4)19(25)28-5/h7-10,14H,6,11-13,15,23H2,1-5H3/b18-14+. The second-order valence-electron chi connectivity index (χ2n) is 7.50. The molecule has 0 aliphatic carbocycles. The summed E-state index contributed by atoms with van der Waals surface area (Å²) in [5.74, 6) is -0.490. The van der Waals surface area contributed by atoms with Crippen LogP contribution < -0.4 is 5.73 Å². The number of esters is 1. The van der Waals surface area contributed by atoms with Crippen LogP contribution >= 0.6 is 0 Å². The van der Waals surface area contributed by atoms with Crippen LogP contribution in [0.3, 0.4) is 0 Å². The van der Waals surface area contributed by atoms with Crippen molar-refractivity contribution in [3.8, 4) is 0 Å². The first-order valence-electron chi connectivity index (χ1n) is 9.73. The van der Waals surface area contributed by atoms with Crippen molar-refractivity contribution in [2.75, 3.05) is 27.5 Å². The number of nitrogens with zero attached hydrogens (tertiary/aromatic N) is 1. The molecule has 1 rings (SSSR count). The SMILES string of the molecule is CO/C=C(/C(=O)OC)c1ccc(CN(CCC[B]OCN)C(=O)OC(C)(C)C)cc1. The van der Waals surface area contributed by atoms with Crippen LogP contribution in [0.1, 0.15) is 38.3 Å². The molecule has 0 aliphatic rings. The summed E-state index contributed by atoms with van der Waals surface area (Å²) in [5, 5.41) is 0. The van der Waals surface area contributed by atoms with Crippen LogP contribution in [-0.2, 0) is 30.2 Å². The van der Waals surface area contributed by atoms with E-state index in [1.54, 1.807) is 24.5 Å². The fourth-order valence-corrected chi connectivity index (χ4v) is 2.55. The van der Waals surface area contributed by atoms with Crippen molar-refractivity contribution in [3.63, 3.8) is 0 Å². The molecule has 0 unspecified atom stereocenters. The van der Waals surface area contributed by atoms with Crippen LogP contribution in [0.2, 0.25) is 6.32 Å². The molecule has 2 N–H and O–H groups in total. The van der Waals surface area contributed by atoms with Gasteiger partial charge in [-0.05, 0) is 44.6 Å². The molecule has 0 saturated heterocycles. The topological polar surface area (TPSA) is 100 Å². The first-order chi connectivity index (χ1) is 14.2. The van der Waals surface area contributed by atoms with Crippen molar-refractivity contribution in [3.05, 3.63) is 41.7 Å². The maximum Gasteiger partial charge on any atom is 0.410 e. The van der Waals surface area contributed by atoms with Crippen molar-refractivity contribution in [2.24, 2.45) is 5.73 Å². The van der Waals surface area contributed by atoms with E-state index in [0.717, 1.165) is 5.56 Å². The average molecular weight is 419 g/mol. The van der Waals surface area contributed by atoms with Crippen molar-refractivity contribution < 1.29 is 28.5 Å². The Labute approximate surface area is 179 Å². The highest BCUT2D eigenvalue weighted by molar-refractivity contribution is 6.26. The number of carbonyl (C=O) groups is 2. The molecule has 1 radical (unpaired) electrons. The van der Waals surface area contributed by atoms with Gasteiger partial charge in [-0.25, -0.2) is 9.59 Å². The molecule has 0 saturated carbocycles. The molecule has 165 valence electrons. The zero-order valence-corrected chi connectivity index (χ0v) is 18.5. The molecule has 0 heterocycles. The van der Waals surface area contributed by atoms with Crippen molar-refractivity contribution >= 4 is 25.1 Å². The molecule has 1 amide bonds. The Bertz CT molecular complexity index is 700. The molecule has 0 aliphatic heterocycles. The highest BCUT2D eigenvalue weighted by Gasteiger charge is 2.22. The van der Waals surface area contributed by atoms with Gasteiger partial charge in [-0.15, -0.1) is 0 Å². The van der Waals surface area contributed by atoms with E-state index in [0.29, 0.717) is 37.0 Å². The van der Waals surface area contributed by atoms with Gasteiger partial charge in [0, 0.05) is 13.1 Å². The highest BCUT2D eigenvalue weighted by Crippen LogP contribution is 2.19. The van der Waals surface area contributed by atoms with E-state index in [9.17, 15) is 9.59 Å². The first kappa shape index (κ1) is 25.5. The summed E-state index contributed by atoms with van der Waals surface area (Å²) in [5.41, 5.74) is 6.57. The summed E-state index contributed by atoms with van der Waals surface area (Å²) in [6.07, 6.45) is 2.33. The molecular weight excluding hydrogens is 387 g/mol. The van der Waals surface area contributed by atoms with E-state index < -0.39 is 11.6 Å². The summed E-state index contributed by atoms with van der Waals surface area (Å²) >= 11 is 0. The zero-order valence-electron chi connectivity index (χ0n) is 18.5. The van der Waals surface area contributed by atoms with E-state index >= 15 is 0 Å². The number of amides is 1. The monoisotopic (exact) mass is 419 g/mol. The summed E-state index contributed by atoms with van der Waals surface area (Å²) in [7, 11) is 4.42. The number of ether oxygens (including phenoxy) is 3. The minimum absolute atomic E-state index is 0.132. The largest absolute Gasteiger partial charge is 0.503 e. The Morgan fingerprint density at radius 3 is 2.37 bits per heavy atom. The maximum atomic E-state index is 12.6. The predicted molar refractivity (Wildman–Crippen MR) is 115 cm³/mol. The fourth-order valence-electron chi connectivity index (χ4n) is 2.55. The van der Waals surface area contributed by atoms with Crippen LogP contribution in [0.5, 0.6) is 0 Å². The van der Waals surface area contributed by atoms with Gasteiger partial charge in [-0.1, -0.05) is 24.3 Å². The molecule has 9 heteroatoms. The summed E-state index contributed by atoms with van der Waals surface area (Å²) in [6.45, 7) is 6.49. The third-order valence-electron chi connectivity index (χ3n) is 3.90. The highest BCUT2D eigenvalue weighted by atomic mass is 16.6. The van der Waals surface area contributed by atoms with Gasteiger partial charge in [0.25, 0.3) is 7.48 Å². The van der Waals surface area contributed by atoms with E-state index in [1.807, 2.05) is 32.9 Å². The number of hydrogen-bond acceptors (Lipinski definition) is 7. The maximum absolute atomic E-state index is 12.6. The lowest BCUT2D eigenvalue weighted by Crippen LogP contribution is -2.37.